The summed E-state index contributed by atoms with van der Waals surface area (Å²) in [6, 6.07) is 0. The average molecular weight is 342 g/mol. The molecule has 4 nitrogen and oxygen atoms in total. The monoisotopic (exact) mass is 341 g/mol. The highest BCUT2D eigenvalue weighted by molar-refractivity contribution is 8.00. The number of hydrogen-bond donors (Lipinski definition) is 2. The maximum Gasteiger partial charge on any atom is 0.191 e. The maximum atomic E-state index is 5.61. The second-order valence-electron chi connectivity index (χ2n) is 7.34. The van der Waals surface area contributed by atoms with Crippen LogP contribution in [0, 0.1) is 5.41 Å². The lowest BCUT2D eigenvalue weighted by Crippen LogP contribution is -2.46. The highest BCUT2D eigenvalue weighted by Gasteiger charge is 2.34. The largest absolute Gasteiger partial charge is 0.382 e. The zero-order chi connectivity index (χ0) is 16.6. The lowest BCUT2D eigenvalue weighted by Gasteiger charge is -2.31. The zero-order valence-corrected chi connectivity index (χ0v) is 16.1. The molecule has 23 heavy (non-hydrogen) atoms. The number of ether oxygens (including phenoxy) is 1. The standard InChI is InChI=1S/C18H35N3OS/c1-4-22-12-11-18(9-5-6-10-18)15-21-16(19-3)20-14-17(2)8-7-13-23-17/h4-15H2,1-3H3,(H2,19,20,21). The molecule has 1 unspecified atom stereocenters. The highest BCUT2D eigenvalue weighted by Crippen LogP contribution is 2.40. The minimum atomic E-state index is 0.373. The molecule has 2 aliphatic rings. The second-order valence-corrected chi connectivity index (χ2v) is 9.02. The molecule has 0 bridgehead atoms. The molecule has 0 aromatic rings. The van der Waals surface area contributed by atoms with E-state index in [1.807, 2.05) is 7.05 Å². The smallest absolute Gasteiger partial charge is 0.191 e. The minimum Gasteiger partial charge on any atom is -0.382 e. The summed E-state index contributed by atoms with van der Waals surface area (Å²) in [6.45, 7) is 8.17. The van der Waals surface area contributed by atoms with Gasteiger partial charge in [-0.15, -0.1) is 0 Å². The Labute approximate surface area is 146 Å². The SMILES string of the molecule is CCOCCC1(CNC(=NC)NCC2(C)CCCS2)CCCC1. The van der Waals surface area contributed by atoms with Crippen LogP contribution in [0.5, 0.6) is 0 Å². The third kappa shape index (κ3) is 5.86. The molecule has 134 valence electrons. The van der Waals surface area contributed by atoms with Gasteiger partial charge in [0.1, 0.15) is 0 Å². The van der Waals surface area contributed by atoms with Gasteiger partial charge in [-0.1, -0.05) is 12.8 Å². The Bertz CT molecular complexity index is 374. The fourth-order valence-electron chi connectivity index (χ4n) is 3.81. The van der Waals surface area contributed by atoms with Crippen molar-refractivity contribution in [3.8, 4) is 0 Å². The predicted octanol–water partition coefficient (Wildman–Crippen LogP) is 3.42. The van der Waals surface area contributed by atoms with Gasteiger partial charge in [0.15, 0.2) is 5.96 Å². The minimum absolute atomic E-state index is 0.373. The molecule has 1 heterocycles. The van der Waals surface area contributed by atoms with E-state index in [4.69, 9.17) is 4.74 Å². The first-order valence-corrected chi connectivity index (χ1v) is 10.3. The maximum absolute atomic E-state index is 5.61. The van der Waals surface area contributed by atoms with Crippen LogP contribution < -0.4 is 10.6 Å². The summed E-state index contributed by atoms with van der Waals surface area (Å²) in [6.07, 6.45) is 9.16. The summed E-state index contributed by atoms with van der Waals surface area (Å²) in [5, 5.41) is 7.14. The molecule has 2 fully saturated rings. The molecule has 0 radical (unpaired) electrons. The molecule has 2 N–H and O–H groups in total. The number of hydrogen-bond acceptors (Lipinski definition) is 3. The topological polar surface area (TPSA) is 45.6 Å². The van der Waals surface area contributed by atoms with Gasteiger partial charge in [0, 0.05) is 38.1 Å². The van der Waals surface area contributed by atoms with Crippen LogP contribution >= 0.6 is 11.8 Å². The van der Waals surface area contributed by atoms with Crippen molar-refractivity contribution in [1.82, 2.24) is 10.6 Å². The molecule has 0 aromatic carbocycles. The van der Waals surface area contributed by atoms with Crippen molar-refractivity contribution in [3.63, 3.8) is 0 Å². The van der Waals surface area contributed by atoms with Crippen LogP contribution in [0.15, 0.2) is 4.99 Å². The molecule has 1 saturated carbocycles. The van der Waals surface area contributed by atoms with Crippen LogP contribution in [0.25, 0.3) is 0 Å². The number of aliphatic imine (C=N–C) groups is 1. The molecule has 1 aliphatic carbocycles. The van der Waals surface area contributed by atoms with E-state index in [0.29, 0.717) is 10.2 Å². The van der Waals surface area contributed by atoms with E-state index < -0.39 is 0 Å². The lowest BCUT2D eigenvalue weighted by atomic mass is 9.83. The predicted molar refractivity (Wildman–Crippen MR) is 101 cm³/mol. The first-order chi connectivity index (χ1) is 11.1. The Hall–Kier alpha value is -0.420. The molecule has 1 atom stereocenters. The van der Waals surface area contributed by atoms with Crippen molar-refractivity contribution in [2.75, 3.05) is 39.1 Å². The molecular formula is C18H35N3OS. The van der Waals surface area contributed by atoms with Crippen molar-refractivity contribution in [3.05, 3.63) is 0 Å². The van der Waals surface area contributed by atoms with Gasteiger partial charge in [-0.25, -0.2) is 0 Å². The molecule has 2 rings (SSSR count). The van der Waals surface area contributed by atoms with E-state index in [1.54, 1.807) is 0 Å². The van der Waals surface area contributed by atoms with Crippen LogP contribution in [-0.2, 0) is 4.74 Å². The molecule has 0 aromatic heterocycles. The first kappa shape index (κ1) is 18.9. The number of thioether (sulfide) groups is 1. The van der Waals surface area contributed by atoms with Gasteiger partial charge in [0.2, 0.25) is 0 Å². The number of nitrogens with one attached hydrogen (secondary N) is 2. The molecular weight excluding hydrogens is 306 g/mol. The van der Waals surface area contributed by atoms with Crippen molar-refractivity contribution < 1.29 is 4.74 Å². The van der Waals surface area contributed by atoms with E-state index >= 15 is 0 Å². The van der Waals surface area contributed by atoms with E-state index in [2.05, 4.69) is 41.2 Å². The molecule has 1 aliphatic heterocycles. The summed E-state index contributed by atoms with van der Waals surface area (Å²) >= 11 is 2.09. The summed E-state index contributed by atoms with van der Waals surface area (Å²) in [5.74, 6) is 2.26. The fraction of sp³-hybridized carbons (Fsp3) is 0.944. The molecule has 1 saturated heterocycles. The Balaban J connectivity index is 1.78. The van der Waals surface area contributed by atoms with Gasteiger partial charge in [-0.2, -0.15) is 11.8 Å². The van der Waals surface area contributed by atoms with Gasteiger partial charge in [-0.05, 0) is 57.1 Å². The highest BCUT2D eigenvalue weighted by atomic mass is 32.2. The Morgan fingerprint density at radius 1 is 1.13 bits per heavy atom. The van der Waals surface area contributed by atoms with Crippen molar-refractivity contribution in [2.24, 2.45) is 10.4 Å². The summed E-state index contributed by atoms with van der Waals surface area (Å²) in [7, 11) is 1.88. The van der Waals surface area contributed by atoms with E-state index in [-0.39, 0.29) is 0 Å². The zero-order valence-electron chi connectivity index (χ0n) is 15.2. The fourth-order valence-corrected chi connectivity index (χ4v) is 5.06. The van der Waals surface area contributed by atoms with Gasteiger partial charge in [-0.3, -0.25) is 4.99 Å². The third-order valence-corrected chi connectivity index (χ3v) is 6.97. The van der Waals surface area contributed by atoms with Crippen molar-refractivity contribution in [1.29, 1.82) is 0 Å². The normalized spacial score (nSPS) is 27.3. The van der Waals surface area contributed by atoms with Crippen LogP contribution in [0.4, 0.5) is 0 Å². The third-order valence-electron chi connectivity index (χ3n) is 5.43. The Kier molecular flexibility index (Phi) is 7.54. The van der Waals surface area contributed by atoms with Gasteiger partial charge in [0.05, 0.1) is 0 Å². The number of rotatable bonds is 8. The molecule has 0 spiro atoms. The van der Waals surface area contributed by atoms with Crippen LogP contribution in [0.3, 0.4) is 0 Å². The summed E-state index contributed by atoms with van der Waals surface area (Å²) < 4.78 is 5.98. The lowest BCUT2D eigenvalue weighted by molar-refractivity contribution is 0.105. The van der Waals surface area contributed by atoms with E-state index in [1.165, 1.54) is 50.7 Å². The quantitative estimate of drug-likeness (QED) is 0.403. The van der Waals surface area contributed by atoms with Gasteiger partial charge >= 0.3 is 0 Å². The summed E-state index contributed by atoms with van der Waals surface area (Å²) in [4.78, 5) is 4.42. The van der Waals surface area contributed by atoms with Crippen molar-refractivity contribution >= 4 is 17.7 Å². The Morgan fingerprint density at radius 2 is 1.87 bits per heavy atom. The van der Waals surface area contributed by atoms with E-state index in [0.717, 1.165) is 32.3 Å². The van der Waals surface area contributed by atoms with Crippen LogP contribution in [0.2, 0.25) is 0 Å². The first-order valence-electron chi connectivity index (χ1n) is 9.28. The average Bonchev–Trinajstić information content (AvgIpc) is 3.18. The van der Waals surface area contributed by atoms with Gasteiger partial charge in [0.25, 0.3) is 0 Å². The molecule has 5 heteroatoms. The van der Waals surface area contributed by atoms with E-state index in [9.17, 15) is 0 Å². The summed E-state index contributed by atoms with van der Waals surface area (Å²) in [5.41, 5.74) is 0.402. The van der Waals surface area contributed by atoms with Crippen LogP contribution in [-0.4, -0.2) is 49.8 Å². The number of guanidine groups is 1. The Morgan fingerprint density at radius 3 is 2.48 bits per heavy atom. The molecule has 0 amide bonds. The second kappa shape index (κ2) is 9.16. The van der Waals surface area contributed by atoms with Crippen molar-refractivity contribution in [2.45, 2.75) is 63.5 Å². The van der Waals surface area contributed by atoms with Crippen LogP contribution in [0.1, 0.15) is 58.8 Å². The van der Waals surface area contributed by atoms with Gasteiger partial charge < -0.3 is 15.4 Å². The number of nitrogens with zero attached hydrogens (tertiary/aromatic N) is 1.